The van der Waals surface area contributed by atoms with E-state index in [-0.39, 0.29) is 5.91 Å². The summed E-state index contributed by atoms with van der Waals surface area (Å²) >= 11 is 0. The Morgan fingerprint density at radius 2 is 1.74 bits per heavy atom. The first-order valence-electron chi connectivity index (χ1n) is 9.83. The van der Waals surface area contributed by atoms with Crippen molar-refractivity contribution < 1.29 is 14.3 Å². The summed E-state index contributed by atoms with van der Waals surface area (Å²) in [5.74, 6) is 1.70. The summed E-state index contributed by atoms with van der Waals surface area (Å²) in [5, 5.41) is 0. The monoisotopic (exact) mass is 367 g/mol. The molecule has 2 aromatic rings. The lowest BCUT2D eigenvalue weighted by atomic mass is 10.1. The highest BCUT2D eigenvalue weighted by atomic mass is 16.5. The van der Waals surface area contributed by atoms with Crippen molar-refractivity contribution in [2.75, 3.05) is 19.7 Å². The van der Waals surface area contributed by atoms with Gasteiger partial charge in [-0.15, -0.1) is 0 Å². The Morgan fingerprint density at radius 3 is 2.44 bits per heavy atom. The number of hydrogen-bond acceptors (Lipinski definition) is 3. The van der Waals surface area contributed by atoms with Gasteiger partial charge in [0.1, 0.15) is 18.1 Å². The molecule has 1 amide bonds. The first-order chi connectivity index (χ1) is 13.1. The predicted octanol–water partition coefficient (Wildman–Crippen LogP) is 4.91. The van der Waals surface area contributed by atoms with Crippen LogP contribution in [0, 0.1) is 13.8 Å². The molecule has 0 atom stereocenters. The number of carbonyl (C=O) groups is 1. The molecule has 0 unspecified atom stereocenters. The molecule has 2 aromatic carbocycles. The number of aryl methyl sites for hydroxylation is 2. The van der Waals surface area contributed by atoms with Gasteiger partial charge in [-0.05, 0) is 81.5 Å². The van der Waals surface area contributed by atoms with E-state index in [1.807, 2.05) is 42.2 Å². The maximum atomic E-state index is 12.8. The van der Waals surface area contributed by atoms with Crippen molar-refractivity contribution in [1.82, 2.24) is 4.90 Å². The van der Waals surface area contributed by atoms with Crippen molar-refractivity contribution in [3.63, 3.8) is 0 Å². The van der Waals surface area contributed by atoms with Gasteiger partial charge < -0.3 is 14.4 Å². The van der Waals surface area contributed by atoms with E-state index in [1.54, 1.807) is 0 Å². The van der Waals surface area contributed by atoms with E-state index in [4.69, 9.17) is 9.47 Å². The molecule has 0 bridgehead atoms. The quantitative estimate of drug-likeness (QED) is 0.728. The van der Waals surface area contributed by atoms with Gasteiger partial charge >= 0.3 is 0 Å². The molecular weight excluding hydrogens is 338 g/mol. The molecule has 27 heavy (non-hydrogen) atoms. The topological polar surface area (TPSA) is 38.8 Å². The second kappa shape index (κ2) is 8.94. The molecule has 0 radical (unpaired) electrons. The molecule has 4 heteroatoms. The van der Waals surface area contributed by atoms with Gasteiger partial charge in [0, 0.05) is 24.2 Å². The number of nitrogens with zero attached hydrogens (tertiary/aromatic N) is 1. The Labute approximate surface area is 162 Å². The minimum atomic E-state index is 0.102. The van der Waals surface area contributed by atoms with Crippen LogP contribution in [0.25, 0.3) is 0 Å². The highest BCUT2D eigenvalue weighted by Gasteiger charge is 2.19. The van der Waals surface area contributed by atoms with Crippen LogP contribution in [0.15, 0.2) is 36.4 Å². The molecule has 0 aliphatic carbocycles. The molecule has 4 nitrogen and oxygen atoms in total. The first-order valence-corrected chi connectivity index (χ1v) is 9.83. The van der Waals surface area contributed by atoms with Crippen molar-refractivity contribution in [1.29, 1.82) is 0 Å². The van der Waals surface area contributed by atoms with Crippen LogP contribution < -0.4 is 9.47 Å². The third-order valence-corrected chi connectivity index (χ3v) is 5.12. The Balaban J connectivity index is 1.78. The van der Waals surface area contributed by atoms with Crippen molar-refractivity contribution in [2.45, 2.75) is 46.6 Å². The Hall–Kier alpha value is -2.49. The van der Waals surface area contributed by atoms with Gasteiger partial charge in [-0.3, -0.25) is 4.79 Å². The maximum absolute atomic E-state index is 12.8. The number of carbonyl (C=O) groups excluding carboxylic acids is 1. The summed E-state index contributed by atoms with van der Waals surface area (Å²) < 4.78 is 11.7. The average molecular weight is 367 g/mol. The summed E-state index contributed by atoms with van der Waals surface area (Å²) in [7, 11) is 0. The lowest BCUT2D eigenvalue weighted by Gasteiger charge is -2.27. The highest BCUT2D eigenvalue weighted by molar-refractivity contribution is 5.94. The van der Waals surface area contributed by atoms with Gasteiger partial charge in [0.15, 0.2) is 0 Å². The molecule has 0 N–H and O–H groups in total. The third kappa shape index (κ3) is 4.82. The number of piperidine rings is 1. The zero-order chi connectivity index (χ0) is 19.2. The normalized spacial score (nSPS) is 14.1. The molecule has 1 fully saturated rings. The molecule has 0 spiro atoms. The first kappa shape index (κ1) is 19.3. The maximum Gasteiger partial charge on any atom is 0.253 e. The average Bonchev–Trinajstić information content (AvgIpc) is 2.70. The number of hydrogen-bond donors (Lipinski definition) is 0. The zero-order valence-electron chi connectivity index (χ0n) is 16.6. The van der Waals surface area contributed by atoms with Crippen LogP contribution in [-0.4, -0.2) is 30.5 Å². The smallest absolute Gasteiger partial charge is 0.253 e. The van der Waals surface area contributed by atoms with Crippen molar-refractivity contribution >= 4 is 5.91 Å². The van der Waals surface area contributed by atoms with E-state index in [0.29, 0.717) is 18.8 Å². The minimum Gasteiger partial charge on any atom is -0.493 e. The van der Waals surface area contributed by atoms with E-state index < -0.39 is 0 Å². The number of benzene rings is 2. The Morgan fingerprint density at radius 1 is 0.963 bits per heavy atom. The van der Waals surface area contributed by atoms with Crippen LogP contribution in [0.5, 0.6) is 11.5 Å². The van der Waals surface area contributed by atoms with Gasteiger partial charge in [-0.1, -0.05) is 6.07 Å². The molecule has 1 saturated heterocycles. The molecule has 1 aliphatic rings. The second-order valence-corrected chi connectivity index (χ2v) is 7.14. The third-order valence-electron chi connectivity index (χ3n) is 5.12. The van der Waals surface area contributed by atoms with E-state index in [9.17, 15) is 4.79 Å². The van der Waals surface area contributed by atoms with Gasteiger partial charge in [0.05, 0.1) is 6.61 Å². The summed E-state index contributed by atoms with van der Waals surface area (Å²) in [5.41, 5.74) is 4.05. The molecule has 1 aliphatic heterocycles. The lowest BCUT2D eigenvalue weighted by molar-refractivity contribution is 0.0724. The fourth-order valence-corrected chi connectivity index (χ4v) is 3.37. The molecule has 0 saturated carbocycles. The van der Waals surface area contributed by atoms with E-state index in [0.717, 1.165) is 43.0 Å². The lowest BCUT2D eigenvalue weighted by Crippen LogP contribution is -2.35. The minimum absolute atomic E-state index is 0.102. The van der Waals surface area contributed by atoms with Crippen LogP contribution >= 0.6 is 0 Å². The highest BCUT2D eigenvalue weighted by Crippen LogP contribution is 2.25. The van der Waals surface area contributed by atoms with Crippen molar-refractivity contribution in [3.8, 4) is 11.5 Å². The second-order valence-electron chi connectivity index (χ2n) is 7.14. The number of amides is 1. The Kier molecular flexibility index (Phi) is 6.38. The molecule has 1 heterocycles. The molecule has 0 aromatic heterocycles. The van der Waals surface area contributed by atoms with Crippen molar-refractivity contribution in [2.24, 2.45) is 0 Å². The molecule has 3 rings (SSSR count). The standard InChI is InChI=1S/C23H29NO3/c1-4-26-22-11-9-19(23(25)24-12-6-5-7-13-24)15-20(22)16-27-21-10-8-17(2)18(3)14-21/h8-11,14-15H,4-7,12-13,16H2,1-3H3. The fraction of sp³-hybridized carbons (Fsp3) is 0.435. The predicted molar refractivity (Wildman–Crippen MR) is 108 cm³/mol. The van der Waals surface area contributed by atoms with Crippen LogP contribution in [-0.2, 0) is 6.61 Å². The molecular formula is C23H29NO3. The van der Waals surface area contributed by atoms with Crippen LogP contribution in [0.3, 0.4) is 0 Å². The van der Waals surface area contributed by atoms with E-state index in [2.05, 4.69) is 19.9 Å². The van der Waals surface area contributed by atoms with Crippen LogP contribution in [0.1, 0.15) is 53.2 Å². The van der Waals surface area contributed by atoms with E-state index >= 15 is 0 Å². The summed E-state index contributed by atoms with van der Waals surface area (Å²) in [6.45, 7) is 8.77. The van der Waals surface area contributed by atoms with Gasteiger partial charge in [-0.25, -0.2) is 0 Å². The summed E-state index contributed by atoms with van der Waals surface area (Å²) in [6.07, 6.45) is 3.39. The van der Waals surface area contributed by atoms with Gasteiger partial charge in [0.2, 0.25) is 0 Å². The Bertz CT molecular complexity index is 794. The van der Waals surface area contributed by atoms with Crippen LogP contribution in [0.2, 0.25) is 0 Å². The largest absolute Gasteiger partial charge is 0.493 e. The summed E-state index contributed by atoms with van der Waals surface area (Å²) in [6, 6.07) is 11.7. The SMILES string of the molecule is CCOc1ccc(C(=O)N2CCCCC2)cc1COc1ccc(C)c(C)c1. The number of rotatable bonds is 6. The summed E-state index contributed by atoms with van der Waals surface area (Å²) in [4.78, 5) is 14.8. The van der Waals surface area contributed by atoms with Crippen LogP contribution in [0.4, 0.5) is 0 Å². The molecule has 144 valence electrons. The zero-order valence-corrected chi connectivity index (χ0v) is 16.6. The van der Waals surface area contributed by atoms with Gasteiger partial charge in [-0.2, -0.15) is 0 Å². The van der Waals surface area contributed by atoms with E-state index in [1.165, 1.54) is 17.5 Å². The number of ether oxygens (including phenoxy) is 2. The number of likely N-dealkylation sites (tertiary alicyclic amines) is 1. The van der Waals surface area contributed by atoms with Gasteiger partial charge in [0.25, 0.3) is 5.91 Å². The van der Waals surface area contributed by atoms with Crippen molar-refractivity contribution in [3.05, 3.63) is 58.7 Å². The fourth-order valence-electron chi connectivity index (χ4n) is 3.37.